The van der Waals surface area contributed by atoms with Gasteiger partial charge in [0.25, 0.3) is 0 Å². The average molecular weight is 460 g/mol. The summed E-state index contributed by atoms with van der Waals surface area (Å²) in [5, 5.41) is 3.39. The summed E-state index contributed by atoms with van der Waals surface area (Å²) in [6, 6.07) is 43.8. The Bertz CT molecular complexity index is 1670. The van der Waals surface area contributed by atoms with Crippen LogP contribution in [-0.2, 0) is 0 Å². The average Bonchev–Trinajstić information content (AvgIpc) is 2.96. The fourth-order valence-electron chi connectivity index (χ4n) is 4.75. The molecule has 3 nitrogen and oxygen atoms in total. The lowest BCUT2D eigenvalue weighted by Gasteiger charge is -2.11. The van der Waals surface area contributed by atoms with E-state index in [9.17, 15) is 0 Å². The topological polar surface area (TPSA) is 38.7 Å². The molecule has 0 amide bonds. The van der Waals surface area contributed by atoms with E-state index in [0.29, 0.717) is 0 Å². The molecule has 0 spiro atoms. The van der Waals surface area contributed by atoms with E-state index in [0.717, 1.165) is 66.5 Å². The van der Waals surface area contributed by atoms with Crippen molar-refractivity contribution in [3.8, 4) is 33.8 Å². The normalized spacial score (nSPS) is 11.3. The van der Waals surface area contributed by atoms with Gasteiger partial charge < -0.3 is 0 Å². The van der Waals surface area contributed by atoms with Crippen molar-refractivity contribution in [2.24, 2.45) is 0 Å². The first-order chi connectivity index (χ1) is 17.8. The zero-order valence-electron chi connectivity index (χ0n) is 19.5. The number of rotatable bonds is 3. The van der Waals surface area contributed by atoms with Crippen LogP contribution >= 0.6 is 0 Å². The Morgan fingerprint density at radius 2 is 0.611 bits per heavy atom. The Morgan fingerprint density at radius 3 is 0.944 bits per heavy atom. The van der Waals surface area contributed by atoms with Crippen LogP contribution in [0.2, 0.25) is 0 Å². The van der Waals surface area contributed by atoms with Crippen LogP contribution in [-0.4, -0.2) is 15.0 Å². The molecule has 0 aliphatic rings. The molecule has 7 aromatic rings. The number of aromatic nitrogens is 3. The minimum absolute atomic E-state index is 0.929. The zero-order chi connectivity index (χ0) is 23.9. The van der Waals surface area contributed by atoms with Gasteiger partial charge in [-0.15, -0.1) is 0 Å². The van der Waals surface area contributed by atoms with Crippen LogP contribution in [0.15, 0.2) is 127 Å². The van der Waals surface area contributed by atoms with Crippen molar-refractivity contribution < 1.29 is 0 Å². The predicted molar refractivity (Wildman–Crippen MR) is 149 cm³/mol. The van der Waals surface area contributed by atoms with Gasteiger partial charge in [-0.3, -0.25) is 0 Å². The molecule has 7 rings (SSSR count). The molecule has 0 aliphatic carbocycles. The first-order valence-electron chi connectivity index (χ1n) is 12.0. The second kappa shape index (κ2) is 8.40. The van der Waals surface area contributed by atoms with E-state index in [4.69, 9.17) is 15.0 Å². The standard InChI is InChI=1S/C33H21N3/c1-4-10-28-22(7-1)13-16-31(34-28)25-19-26(32-17-14-23-8-2-5-11-29(23)35-32)21-27(20-25)33-18-15-24-9-3-6-12-30(24)36-33/h1-21H. The van der Waals surface area contributed by atoms with Gasteiger partial charge in [0.15, 0.2) is 0 Å². The maximum Gasteiger partial charge on any atom is 0.0710 e. The van der Waals surface area contributed by atoms with Crippen LogP contribution in [0.25, 0.3) is 66.5 Å². The third-order valence-electron chi connectivity index (χ3n) is 6.62. The van der Waals surface area contributed by atoms with Crippen molar-refractivity contribution in [2.75, 3.05) is 0 Å². The highest BCUT2D eigenvalue weighted by Gasteiger charge is 2.11. The molecule has 0 atom stereocenters. The highest BCUT2D eigenvalue weighted by atomic mass is 14.7. The largest absolute Gasteiger partial charge is 0.248 e. The summed E-state index contributed by atoms with van der Waals surface area (Å²) in [7, 11) is 0. The van der Waals surface area contributed by atoms with Gasteiger partial charge in [0.2, 0.25) is 0 Å². The SMILES string of the molecule is c1ccc2nc(-c3cc(-c4ccc5ccccc5n4)cc(-c4ccc5ccccc5n4)c3)ccc2c1. The molecular formula is C33H21N3. The third-order valence-corrected chi connectivity index (χ3v) is 6.62. The summed E-state index contributed by atoms with van der Waals surface area (Å²) >= 11 is 0. The van der Waals surface area contributed by atoms with Gasteiger partial charge in [0.05, 0.1) is 33.6 Å². The minimum Gasteiger partial charge on any atom is -0.248 e. The Hall–Kier alpha value is -4.89. The molecule has 3 heteroatoms. The summed E-state index contributed by atoms with van der Waals surface area (Å²) in [6.07, 6.45) is 0. The molecule has 36 heavy (non-hydrogen) atoms. The van der Waals surface area contributed by atoms with Crippen LogP contribution in [0.5, 0.6) is 0 Å². The van der Waals surface area contributed by atoms with Crippen molar-refractivity contribution in [1.82, 2.24) is 15.0 Å². The molecule has 0 fully saturated rings. The molecule has 0 radical (unpaired) electrons. The maximum absolute atomic E-state index is 4.97. The third kappa shape index (κ3) is 3.68. The number of pyridine rings is 3. The quantitative estimate of drug-likeness (QED) is 0.267. The van der Waals surface area contributed by atoms with Crippen LogP contribution in [0.3, 0.4) is 0 Å². The van der Waals surface area contributed by atoms with E-state index >= 15 is 0 Å². The highest BCUT2D eigenvalue weighted by Crippen LogP contribution is 2.33. The molecule has 3 aromatic heterocycles. The van der Waals surface area contributed by atoms with Gasteiger partial charge in [-0.2, -0.15) is 0 Å². The van der Waals surface area contributed by atoms with E-state index in [1.165, 1.54) is 0 Å². The second-order valence-corrected chi connectivity index (χ2v) is 8.97. The maximum atomic E-state index is 4.97. The van der Waals surface area contributed by atoms with Crippen molar-refractivity contribution in [3.05, 3.63) is 127 Å². The fourth-order valence-corrected chi connectivity index (χ4v) is 4.75. The number of para-hydroxylation sites is 3. The molecule has 3 heterocycles. The predicted octanol–water partition coefficient (Wildman–Crippen LogP) is 8.33. The zero-order valence-corrected chi connectivity index (χ0v) is 19.5. The van der Waals surface area contributed by atoms with E-state index in [-0.39, 0.29) is 0 Å². The van der Waals surface area contributed by atoms with Crippen molar-refractivity contribution >= 4 is 32.7 Å². The van der Waals surface area contributed by atoms with Gasteiger partial charge >= 0.3 is 0 Å². The van der Waals surface area contributed by atoms with Gasteiger partial charge in [-0.25, -0.2) is 15.0 Å². The Balaban J connectivity index is 1.45. The number of benzene rings is 4. The van der Waals surface area contributed by atoms with Gasteiger partial charge in [-0.05, 0) is 54.6 Å². The van der Waals surface area contributed by atoms with E-state index < -0.39 is 0 Å². The number of hydrogen-bond acceptors (Lipinski definition) is 3. The van der Waals surface area contributed by atoms with E-state index in [2.05, 4.69) is 91.0 Å². The van der Waals surface area contributed by atoms with Crippen molar-refractivity contribution in [2.45, 2.75) is 0 Å². The molecule has 0 aliphatic heterocycles. The van der Waals surface area contributed by atoms with Gasteiger partial charge in [0, 0.05) is 32.8 Å². The van der Waals surface area contributed by atoms with Crippen LogP contribution < -0.4 is 0 Å². The highest BCUT2D eigenvalue weighted by molar-refractivity contribution is 5.87. The molecule has 0 saturated heterocycles. The summed E-state index contributed by atoms with van der Waals surface area (Å²) in [4.78, 5) is 14.9. The number of fused-ring (bicyclic) bond motifs is 3. The van der Waals surface area contributed by atoms with E-state index in [1.807, 2.05) is 36.4 Å². The van der Waals surface area contributed by atoms with Crippen molar-refractivity contribution in [3.63, 3.8) is 0 Å². The first kappa shape index (κ1) is 20.5. The summed E-state index contributed by atoms with van der Waals surface area (Å²) in [5.74, 6) is 0. The Labute approximate surface area is 208 Å². The molecule has 0 unspecified atom stereocenters. The van der Waals surface area contributed by atoms with E-state index in [1.54, 1.807) is 0 Å². The number of nitrogens with zero attached hydrogens (tertiary/aromatic N) is 3. The minimum atomic E-state index is 0.929. The van der Waals surface area contributed by atoms with Crippen LogP contribution in [0.1, 0.15) is 0 Å². The fraction of sp³-hybridized carbons (Fsp3) is 0. The molecule has 168 valence electrons. The van der Waals surface area contributed by atoms with Gasteiger partial charge in [-0.1, -0.05) is 72.8 Å². The molecule has 0 bridgehead atoms. The molecular weight excluding hydrogens is 438 g/mol. The monoisotopic (exact) mass is 459 g/mol. The smallest absolute Gasteiger partial charge is 0.0710 e. The lowest BCUT2D eigenvalue weighted by molar-refractivity contribution is 1.36. The summed E-state index contributed by atoms with van der Waals surface area (Å²) in [5.41, 5.74) is 8.85. The summed E-state index contributed by atoms with van der Waals surface area (Å²) < 4.78 is 0. The Morgan fingerprint density at radius 1 is 0.306 bits per heavy atom. The summed E-state index contributed by atoms with van der Waals surface area (Å²) in [6.45, 7) is 0. The van der Waals surface area contributed by atoms with Crippen LogP contribution in [0, 0.1) is 0 Å². The molecule has 0 N–H and O–H groups in total. The van der Waals surface area contributed by atoms with Crippen molar-refractivity contribution in [1.29, 1.82) is 0 Å². The number of hydrogen-bond donors (Lipinski definition) is 0. The first-order valence-corrected chi connectivity index (χ1v) is 12.0. The second-order valence-electron chi connectivity index (χ2n) is 8.97. The lowest BCUT2D eigenvalue weighted by atomic mass is 9.98. The molecule has 0 saturated carbocycles. The Kier molecular flexibility index (Phi) is 4.78. The van der Waals surface area contributed by atoms with Crippen LogP contribution in [0.4, 0.5) is 0 Å². The van der Waals surface area contributed by atoms with Gasteiger partial charge in [0.1, 0.15) is 0 Å². The lowest BCUT2D eigenvalue weighted by Crippen LogP contribution is -1.92. The molecule has 4 aromatic carbocycles.